The van der Waals surface area contributed by atoms with E-state index in [4.69, 9.17) is 0 Å². The van der Waals surface area contributed by atoms with Gasteiger partial charge in [0.15, 0.2) is 0 Å². The van der Waals surface area contributed by atoms with E-state index in [1.165, 1.54) is 38.5 Å². The molecule has 0 amide bonds. The van der Waals surface area contributed by atoms with Gasteiger partial charge in [-0.05, 0) is 18.8 Å². The summed E-state index contributed by atoms with van der Waals surface area (Å²) in [5.74, 6) is 0.915. The second-order valence-corrected chi connectivity index (χ2v) is 4.87. The number of hydrogen-bond acceptors (Lipinski definition) is 2. The maximum Gasteiger partial charge on any atom is 0.0895 e. The monoisotopic (exact) mass is 183 g/mol. The Bertz CT molecular complexity index is 159. The maximum atomic E-state index is 9.88. The summed E-state index contributed by atoms with van der Waals surface area (Å²) >= 11 is 0. The molecular formula is C11H21NO. The van der Waals surface area contributed by atoms with Crippen LogP contribution in [-0.2, 0) is 0 Å². The molecule has 1 aliphatic heterocycles. The molecule has 1 saturated carbocycles. The maximum absolute atomic E-state index is 9.88. The zero-order valence-corrected chi connectivity index (χ0v) is 8.39. The topological polar surface area (TPSA) is 32.3 Å². The molecule has 0 unspecified atom stereocenters. The van der Waals surface area contributed by atoms with Gasteiger partial charge in [0.2, 0.25) is 0 Å². The molecule has 0 aromatic rings. The Morgan fingerprint density at radius 2 is 1.85 bits per heavy atom. The summed E-state index contributed by atoms with van der Waals surface area (Å²) in [5.41, 5.74) is -0.336. The number of β-amino-alcohol motifs (C(OH)–C–C–N with tert-alkyl or cyclic N) is 1. The highest BCUT2D eigenvalue weighted by Gasteiger charge is 2.34. The van der Waals surface area contributed by atoms with Gasteiger partial charge in [-0.1, -0.05) is 32.1 Å². The molecule has 0 aromatic heterocycles. The van der Waals surface area contributed by atoms with Crippen LogP contribution in [0.15, 0.2) is 0 Å². The van der Waals surface area contributed by atoms with E-state index in [-0.39, 0.29) is 5.60 Å². The quantitative estimate of drug-likeness (QED) is 0.697. The molecule has 0 aromatic carbocycles. The summed E-state index contributed by atoms with van der Waals surface area (Å²) in [6, 6.07) is 0. The second kappa shape index (κ2) is 3.97. The molecule has 2 aliphatic rings. The zero-order chi connectivity index (χ0) is 9.15. The van der Waals surface area contributed by atoms with Crippen LogP contribution < -0.4 is 5.32 Å². The first-order chi connectivity index (χ1) is 6.29. The fourth-order valence-corrected chi connectivity index (χ4v) is 2.54. The van der Waals surface area contributed by atoms with Gasteiger partial charge < -0.3 is 10.4 Å². The van der Waals surface area contributed by atoms with E-state index in [9.17, 15) is 5.11 Å². The standard InChI is InChI=1S/C11H21NO/c13-11(8-12-9-11)7-6-10-4-2-1-3-5-10/h10,12-13H,1-9H2. The van der Waals surface area contributed by atoms with Crippen LogP contribution in [0.4, 0.5) is 0 Å². The Morgan fingerprint density at radius 1 is 1.15 bits per heavy atom. The average Bonchev–Trinajstić information content (AvgIpc) is 2.13. The van der Waals surface area contributed by atoms with Crippen molar-refractivity contribution in [3.63, 3.8) is 0 Å². The van der Waals surface area contributed by atoms with Gasteiger partial charge in [-0.2, -0.15) is 0 Å². The summed E-state index contributed by atoms with van der Waals surface area (Å²) in [7, 11) is 0. The average molecular weight is 183 g/mol. The fourth-order valence-electron chi connectivity index (χ4n) is 2.54. The summed E-state index contributed by atoms with van der Waals surface area (Å²) in [4.78, 5) is 0. The molecule has 2 fully saturated rings. The molecule has 0 bridgehead atoms. The van der Waals surface area contributed by atoms with Crippen molar-refractivity contribution < 1.29 is 5.11 Å². The second-order valence-electron chi connectivity index (χ2n) is 4.87. The van der Waals surface area contributed by atoms with Gasteiger partial charge in [0.05, 0.1) is 5.60 Å². The van der Waals surface area contributed by atoms with Crippen LogP contribution in [0.3, 0.4) is 0 Å². The van der Waals surface area contributed by atoms with E-state index in [0.717, 1.165) is 25.4 Å². The lowest BCUT2D eigenvalue weighted by Gasteiger charge is -2.39. The van der Waals surface area contributed by atoms with Crippen molar-refractivity contribution in [1.29, 1.82) is 0 Å². The van der Waals surface area contributed by atoms with Crippen molar-refractivity contribution >= 4 is 0 Å². The molecule has 2 nitrogen and oxygen atoms in total. The summed E-state index contributed by atoms with van der Waals surface area (Å²) < 4.78 is 0. The van der Waals surface area contributed by atoms with E-state index in [0.29, 0.717) is 0 Å². The van der Waals surface area contributed by atoms with Crippen molar-refractivity contribution in [3.8, 4) is 0 Å². The Labute approximate surface area is 80.7 Å². The van der Waals surface area contributed by atoms with Crippen LogP contribution in [-0.4, -0.2) is 23.8 Å². The van der Waals surface area contributed by atoms with Gasteiger partial charge in [0, 0.05) is 13.1 Å². The van der Waals surface area contributed by atoms with Crippen molar-refractivity contribution in [2.24, 2.45) is 5.92 Å². The highest BCUT2D eigenvalue weighted by molar-refractivity contribution is 4.92. The molecular weight excluding hydrogens is 162 g/mol. The zero-order valence-electron chi connectivity index (χ0n) is 8.39. The van der Waals surface area contributed by atoms with E-state index in [2.05, 4.69) is 5.32 Å². The van der Waals surface area contributed by atoms with Crippen molar-refractivity contribution in [2.45, 2.75) is 50.5 Å². The molecule has 76 valence electrons. The van der Waals surface area contributed by atoms with Gasteiger partial charge >= 0.3 is 0 Å². The molecule has 0 spiro atoms. The largest absolute Gasteiger partial charge is 0.387 e. The first kappa shape index (κ1) is 9.47. The summed E-state index contributed by atoms with van der Waals surface area (Å²) in [6.45, 7) is 1.64. The Hall–Kier alpha value is -0.0800. The lowest BCUT2D eigenvalue weighted by Crippen LogP contribution is -2.59. The van der Waals surface area contributed by atoms with Gasteiger partial charge in [0.1, 0.15) is 0 Å². The van der Waals surface area contributed by atoms with Crippen molar-refractivity contribution in [3.05, 3.63) is 0 Å². The van der Waals surface area contributed by atoms with Crippen molar-refractivity contribution in [1.82, 2.24) is 5.32 Å². The van der Waals surface area contributed by atoms with Crippen LogP contribution in [0.1, 0.15) is 44.9 Å². The minimum Gasteiger partial charge on any atom is -0.387 e. The van der Waals surface area contributed by atoms with Crippen LogP contribution >= 0.6 is 0 Å². The predicted octanol–water partition coefficient (Wildman–Crippen LogP) is 1.68. The number of hydrogen-bond donors (Lipinski definition) is 2. The van der Waals surface area contributed by atoms with Crippen LogP contribution in [0.5, 0.6) is 0 Å². The number of rotatable bonds is 3. The van der Waals surface area contributed by atoms with Crippen LogP contribution in [0.25, 0.3) is 0 Å². The third kappa shape index (κ3) is 2.44. The van der Waals surface area contributed by atoms with Gasteiger partial charge in [0.25, 0.3) is 0 Å². The summed E-state index contributed by atoms with van der Waals surface area (Å²) in [6.07, 6.45) is 9.35. The predicted molar refractivity (Wildman–Crippen MR) is 53.6 cm³/mol. The Kier molecular flexibility index (Phi) is 2.89. The van der Waals surface area contributed by atoms with Gasteiger partial charge in [-0.3, -0.25) is 0 Å². The smallest absolute Gasteiger partial charge is 0.0895 e. The summed E-state index contributed by atoms with van der Waals surface area (Å²) in [5, 5.41) is 13.0. The molecule has 1 saturated heterocycles. The first-order valence-corrected chi connectivity index (χ1v) is 5.72. The number of aliphatic hydroxyl groups is 1. The Morgan fingerprint density at radius 3 is 2.38 bits per heavy atom. The van der Waals surface area contributed by atoms with E-state index in [1.54, 1.807) is 0 Å². The molecule has 0 atom stereocenters. The Balaban J connectivity index is 1.66. The van der Waals surface area contributed by atoms with Crippen LogP contribution in [0, 0.1) is 5.92 Å². The van der Waals surface area contributed by atoms with Gasteiger partial charge in [-0.15, -0.1) is 0 Å². The molecule has 2 N–H and O–H groups in total. The third-order valence-corrected chi connectivity index (χ3v) is 3.65. The normalized spacial score (nSPS) is 28.4. The molecule has 0 radical (unpaired) electrons. The van der Waals surface area contributed by atoms with Crippen LogP contribution in [0.2, 0.25) is 0 Å². The lowest BCUT2D eigenvalue weighted by molar-refractivity contribution is -0.0230. The molecule has 1 aliphatic carbocycles. The van der Waals surface area contributed by atoms with Gasteiger partial charge in [-0.25, -0.2) is 0 Å². The van der Waals surface area contributed by atoms with E-state index < -0.39 is 0 Å². The number of nitrogens with one attached hydrogen (secondary N) is 1. The van der Waals surface area contributed by atoms with Crippen molar-refractivity contribution in [2.75, 3.05) is 13.1 Å². The van der Waals surface area contributed by atoms with E-state index >= 15 is 0 Å². The molecule has 1 heterocycles. The molecule has 13 heavy (non-hydrogen) atoms. The fraction of sp³-hybridized carbons (Fsp3) is 1.00. The minimum atomic E-state index is -0.336. The lowest BCUT2D eigenvalue weighted by atomic mass is 9.81. The SMILES string of the molecule is OC1(CCC2CCCCC2)CNC1. The van der Waals surface area contributed by atoms with E-state index in [1.807, 2.05) is 0 Å². The third-order valence-electron chi connectivity index (χ3n) is 3.65. The minimum absolute atomic E-state index is 0.336. The highest BCUT2D eigenvalue weighted by Crippen LogP contribution is 2.30. The first-order valence-electron chi connectivity index (χ1n) is 5.72. The molecule has 2 rings (SSSR count). The molecule has 2 heteroatoms. The highest BCUT2D eigenvalue weighted by atomic mass is 16.3.